The first-order valence-electron chi connectivity index (χ1n) is 26.9. The molecule has 0 aliphatic carbocycles. The Balaban J connectivity index is 2.14. The normalized spacial score (nSPS) is 14.5. The quantitative estimate of drug-likeness (QED) is 0.0303. The Morgan fingerprint density at radius 3 is 1.25 bits per heavy atom. The van der Waals surface area contributed by atoms with Crippen LogP contribution in [0, 0.1) is 0 Å². The molecule has 0 amide bonds. The number of hydrogen-bond donors (Lipinski definition) is 5. The molecule has 1 aromatic heterocycles. The van der Waals surface area contributed by atoms with E-state index in [1.165, 1.54) is 171 Å². The highest BCUT2D eigenvalue weighted by Gasteiger charge is 2.24. The number of hydrogen-bond acceptors (Lipinski definition) is 13. The first-order chi connectivity index (χ1) is 33.1. The Labute approximate surface area is 411 Å². The van der Waals surface area contributed by atoms with Crippen LogP contribution < -0.4 is 11.0 Å². The number of aliphatic hydroxyl groups excluding tert-OH is 2. The molecule has 0 bridgehead atoms. The summed E-state index contributed by atoms with van der Waals surface area (Å²) in [6.07, 6.45) is 35.5. The van der Waals surface area contributed by atoms with E-state index < -0.39 is 59.0 Å². The van der Waals surface area contributed by atoms with Gasteiger partial charge in [0, 0.05) is 39.2 Å². The molecule has 68 heavy (non-hydrogen) atoms. The lowest BCUT2D eigenvalue weighted by molar-refractivity contribution is 0.0162. The second kappa shape index (κ2) is 45.6. The summed E-state index contributed by atoms with van der Waals surface area (Å²) in [5.41, 5.74) is -0.687. The van der Waals surface area contributed by atoms with Crippen LogP contribution in [0.15, 0.2) is 17.1 Å². The zero-order valence-electron chi connectivity index (χ0n) is 42.8. The van der Waals surface area contributed by atoms with Gasteiger partial charge in [-0.2, -0.15) is 4.98 Å². The highest BCUT2D eigenvalue weighted by molar-refractivity contribution is 7.52. The molecule has 0 radical (unpaired) electrons. The van der Waals surface area contributed by atoms with E-state index >= 15 is 0 Å². The van der Waals surface area contributed by atoms with Gasteiger partial charge < -0.3 is 53.3 Å². The molecule has 0 saturated heterocycles. The fourth-order valence-corrected chi connectivity index (χ4v) is 9.43. The molecule has 0 fully saturated rings. The monoisotopic (exact) mass is 1010 g/mol. The summed E-state index contributed by atoms with van der Waals surface area (Å²) in [6, 6.07) is 1.48. The number of nitrogens with zero attached hydrogens (tertiary/aromatic N) is 2. The lowest BCUT2D eigenvalue weighted by Crippen LogP contribution is -2.33. The maximum absolute atomic E-state index is 12.7. The number of unbranched alkanes of at least 4 members (excludes halogenated alkanes) is 26. The SMILES string of the molecule is CCCCCCCCCCCCCCCCOCCCOP(=O)(O)COC(CO)CNc1ccn(CC(CO)OCP(=O)(O)OCCCOCCCCCCCCCCCCCCCC)c(=O)n1. The minimum atomic E-state index is -4.12. The van der Waals surface area contributed by atoms with Gasteiger partial charge in [-0.15, -0.1) is 0 Å². The highest BCUT2D eigenvalue weighted by atomic mass is 31.2. The molecular weight excluding hydrogens is 913 g/mol. The van der Waals surface area contributed by atoms with E-state index in [-0.39, 0.29) is 32.1 Å². The lowest BCUT2D eigenvalue weighted by Gasteiger charge is -2.20. The lowest BCUT2D eigenvalue weighted by atomic mass is 10.0. The van der Waals surface area contributed by atoms with E-state index in [1.807, 2.05) is 0 Å². The molecule has 1 heterocycles. The summed E-state index contributed by atoms with van der Waals surface area (Å²) >= 11 is 0. The number of aromatic nitrogens is 2. The Hall–Kier alpha value is -1.26. The van der Waals surface area contributed by atoms with E-state index in [4.69, 9.17) is 28.0 Å². The third kappa shape index (κ3) is 40.3. The molecule has 0 saturated carbocycles. The Morgan fingerprint density at radius 2 is 0.882 bits per heavy atom. The van der Waals surface area contributed by atoms with Crippen LogP contribution in [0.3, 0.4) is 0 Å². The van der Waals surface area contributed by atoms with Crippen molar-refractivity contribution in [2.24, 2.45) is 0 Å². The largest absolute Gasteiger partial charge is 0.394 e. The van der Waals surface area contributed by atoms with Crippen LogP contribution in [0.4, 0.5) is 5.82 Å². The molecule has 18 heteroatoms. The molecule has 16 nitrogen and oxygen atoms in total. The minimum absolute atomic E-state index is 0.0161. The van der Waals surface area contributed by atoms with Gasteiger partial charge in [0.1, 0.15) is 18.5 Å². The molecular formula is C50H99N3O13P2. The minimum Gasteiger partial charge on any atom is -0.394 e. The highest BCUT2D eigenvalue weighted by Crippen LogP contribution is 2.43. The molecule has 1 aromatic rings. The van der Waals surface area contributed by atoms with Gasteiger partial charge in [-0.25, -0.2) is 4.79 Å². The molecule has 4 atom stereocenters. The number of ether oxygens (including phenoxy) is 4. The predicted octanol–water partition coefficient (Wildman–Crippen LogP) is 11.5. The summed E-state index contributed by atoms with van der Waals surface area (Å²) in [7, 11) is -8.20. The van der Waals surface area contributed by atoms with Gasteiger partial charge in [-0.3, -0.25) is 13.7 Å². The average molecular weight is 1010 g/mol. The van der Waals surface area contributed by atoms with E-state index in [0.717, 1.165) is 25.7 Å². The molecule has 1 rings (SSSR count). The summed E-state index contributed by atoms with van der Waals surface area (Å²) in [4.78, 5) is 37.1. The molecule has 0 spiro atoms. The van der Waals surface area contributed by atoms with Crippen molar-refractivity contribution in [3.05, 3.63) is 22.7 Å². The van der Waals surface area contributed by atoms with Crippen LogP contribution in [-0.2, 0) is 43.7 Å². The Kier molecular flexibility index (Phi) is 43.4. The van der Waals surface area contributed by atoms with Crippen LogP contribution in [0.2, 0.25) is 0 Å². The first-order valence-corrected chi connectivity index (χ1v) is 30.4. The molecule has 0 aliphatic rings. The van der Waals surface area contributed by atoms with Crippen molar-refractivity contribution >= 4 is 21.0 Å². The van der Waals surface area contributed by atoms with Crippen molar-refractivity contribution in [2.75, 3.05) is 77.4 Å². The zero-order chi connectivity index (χ0) is 49.7. The van der Waals surface area contributed by atoms with Crippen LogP contribution >= 0.6 is 15.2 Å². The van der Waals surface area contributed by atoms with Gasteiger partial charge in [-0.05, 0) is 31.7 Å². The van der Waals surface area contributed by atoms with Crippen molar-refractivity contribution < 1.29 is 57.1 Å². The number of anilines is 1. The number of rotatable bonds is 53. The van der Waals surface area contributed by atoms with E-state index in [0.29, 0.717) is 39.3 Å². The van der Waals surface area contributed by atoms with Gasteiger partial charge in [0.25, 0.3) is 0 Å². The van der Waals surface area contributed by atoms with Crippen molar-refractivity contribution in [3.63, 3.8) is 0 Å². The van der Waals surface area contributed by atoms with Gasteiger partial charge in [0.05, 0.1) is 45.2 Å². The predicted molar refractivity (Wildman–Crippen MR) is 274 cm³/mol. The molecule has 5 N–H and O–H groups in total. The smallest absolute Gasteiger partial charge is 0.353 e. The molecule has 0 aliphatic heterocycles. The molecule has 0 aromatic carbocycles. The summed E-state index contributed by atoms with van der Waals surface area (Å²) in [5.74, 6) is 0.157. The fraction of sp³-hybridized carbons (Fsp3) is 0.920. The van der Waals surface area contributed by atoms with E-state index in [1.54, 1.807) is 0 Å². The zero-order valence-corrected chi connectivity index (χ0v) is 44.5. The topological polar surface area (TPSA) is 217 Å². The number of aliphatic hydroxyl groups is 2. The summed E-state index contributed by atoms with van der Waals surface area (Å²) < 4.78 is 58.7. The maximum atomic E-state index is 12.7. The van der Waals surface area contributed by atoms with Crippen LogP contribution in [0.1, 0.15) is 206 Å². The second-order valence-electron chi connectivity index (χ2n) is 18.4. The molecule has 402 valence electrons. The summed E-state index contributed by atoms with van der Waals surface area (Å²) in [5, 5.41) is 22.5. The van der Waals surface area contributed by atoms with Crippen LogP contribution in [-0.4, -0.2) is 114 Å². The Bertz CT molecular complexity index is 1430. The van der Waals surface area contributed by atoms with Gasteiger partial charge in [0.15, 0.2) is 0 Å². The van der Waals surface area contributed by atoms with Crippen molar-refractivity contribution in [2.45, 2.75) is 225 Å². The third-order valence-corrected chi connectivity index (χ3v) is 14.0. The molecule has 4 unspecified atom stereocenters. The number of nitrogens with one attached hydrogen (secondary N) is 1. The first kappa shape index (κ1) is 64.8. The van der Waals surface area contributed by atoms with Crippen LogP contribution in [0.25, 0.3) is 0 Å². The van der Waals surface area contributed by atoms with Gasteiger partial charge >= 0.3 is 20.9 Å². The van der Waals surface area contributed by atoms with Gasteiger partial charge in [0.2, 0.25) is 0 Å². The standard InChI is InChI=1S/C50H99N3O13P2/c1-3-5-7-9-11-13-15-17-19-21-23-25-27-29-35-61-37-31-39-65-67(57,58)45-63-47(43-54)41-51-49-33-34-53(50(56)52-49)42-48(44-55)64-46-68(59,60)66-40-32-38-62-36-30-28-26-24-22-20-18-16-14-12-10-8-6-4-2/h33-34,47-48,54-55H,3-32,35-46H2,1-2H3,(H,57,58)(H,59,60)(H,51,52,56). The van der Waals surface area contributed by atoms with Crippen LogP contribution in [0.5, 0.6) is 0 Å². The third-order valence-electron chi connectivity index (χ3n) is 11.9. The second-order valence-corrected chi connectivity index (χ2v) is 22.0. The summed E-state index contributed by atoms with van der Waals surface area (Å²) in [6.45, 7) is 5.55. The Morgan fingerprint density at radius 1 is 0.529 bits per heavy atom. The fourth-order valence-electron chi connectivity index (χ4n) is 7.65. The van der Waals surface area contributed by atoms with E-state index in [9.17, 15) is 33.9 Å². The van der Waals surface area contributed by atoms with Crippen molar-refractivity contribution in [1.29, 1.82) is 0 Å². The van der Waals surface area contributed by atoms with Crippen molar-refractivity contribution in [3.8, 4) is 0 Å². The average Bonchev–Trinajstić information content (AvgIpc) is 3.32. The maximum Gasteiger partial charge on any atom is 0.353 e. The van der Waals surface area contributed by atoms with Gasteiger partial charge in [-0.1, -0.05) is 181 Å². The van der Waals surface area contributed by atoms with Crippen molar-refractivity contribution in [1.82, 2.24) is 9.55 Å². The van der Waals surface area contributed by atoms with E-state index in [2.05, 4.69) is 24.1 Å².